The van der Waals surface area contributed by atoms with Crippen LogP contribution in [0.15, 0.2) is 24.3 Å². The van der Waals surface area contributed by atoms with E-state index in [1.54, 1.807) is 4.90 Å². The molecule has 1 aliphatic heterocycles. The van der Waals surface area contributed by atoms with E-state index < -0.39 is 0 Å². The summed E-state index contributed by atoms with van der Waals surface area (Å²) in [6.07, 6.45) is 1.14. The molecule has 1 aliphatic rings. The van der Waals surface area contributed by atoms with E-state index in [1.807, 2.05) is 31.2 Å². The minimum Gasteiger partial charge on any atom is -0.356 e. The van der Waals surface area contributed by atoms with Crippen molar-refractivity contribution in [2.45, 2.75) is 19.8 Å². The van der Waals surface area contributed by atoms with Crippen LogP contribution >= 0.6 is 0 Å². The van der Waals surface area contributed by atoms with Gasteiger partial charge < -0.3 is 5.32 Å². The molecule has 3 rings (SSSR count). The second-order valence-corrected chi connectivity index (χ2v) is 5.29. The zero-order valence-electron chi connectivity index (χ0n) is 11.9. The highest BCUT2D eigenvalue weighted by Gasteiger charge is 2.36. The number of H-pyrrole nitrogens is 1. The van der Waals surface area contributed by atoms with Crippen LogP contribution < -0.4 is 10.2 Å². The van der Waals surface area contributed by atoms with Crippen LogP contribution in [0, 0.1) is 5.92 Å². The van der Waals surface area contributed by atoms with Crippen LogP contribution in [0.2, 0.25) is 0 Å². The van der Waals surface area contributed by atoms with E-state index in [9.17, 15) is 9.59 Å². The number of para-hydroxylation sites is 1. The molecular weight excluding hydrogens is 268 g/mol. The number of carbonyl (C=O) groups excluding carboxylic acids is 2. The fraction of sp³-hybridized carbons (Fsp3) is 0.400. The number of anilines is 1. The summed E-state index contributed by atoms with van der Waals surface area (Å²) in [4.78, 5) is 25.8. The molecule has 0 radical (unpaired) electrons. The molecule has 1 aromatic heterocycles. The normalized spacial score (nSPS) is 18.4. The Balaban J connectivity index is 1.80. The van der Waals surface area contributed by atoms with Gasteiger partial charge in [-0.3, -0.25) is 19.6 Å². The van der Waals surface area contributed by atoms with E-state index >= 15 is 0 Å². The predicted molar refractivity (Wildman–Crippen MR) is 79.9 cm³/mol. The Morgan fingerprint density at radius 1 is 1.48 bits per heavy atom. The van der Waals surface area contributed by atoms with E-state index in [0.717, 1.165) is 17.3 Å². The number of nitrogens with zero attached hydrogens (tertiary/aromatic N) is 2. The number of aromatic amines is 1. The maximum atomic E-state index is 12.2. The number of benzene rings is 1. The molecule has 2 N–H and O–H groups in total. The van der Waals surface area contributed by atoms with Crippen molar-refractivity contribution in [3.05, 3.63) is 24.3 Å². The molecule has 0 unspecified atom stereocenters. The lowest BCUT2D eigenvalue weighted by atomic mass is 10.1. The lowest BCUT2D eigenvalue weighted by molar-refractivity contribution is -0.126. The number of nitrogens with one attached hydrogen (secondary N) is 2. The predicted octanol–water partition coefficient (Wildman–Crippen LogP) is 1.44. The van der Waals surface area contributed by atoms with Gasteiger partial charge in [-0.1, -0.05) is 19.1 Å². The first-order chi connectivity index (χ1) is 10.2. The number of amides is 2. The van der Waals surface area contributed by atoms with Gasteiger partial charge in [-0.2, -0.15) is 5.10 Å². The van der Waals surface area contributed by atoms with Crippen molar-refractivity contribution in [2.75, 3.05) is 18.0 Å². The van der Waals surface area contributed by atoms with Crippen LogP contribution in [0.1, 0.15) is 19.8 Å². The number of rotatable bonds is 4. The maximum absolute atomic E-state index is 12.2. The van der Waals surface area contributed by atoms with E-state index in [0.29, 0.717) is 18.9 Å². The summed E-state index contributed by atoms with van der Waals surface area (Å²) in [7, 11) is 0. The van der Waals surface area contributed by atoms with Gasteiger partial charge in [-0.25, -0.2) is 0 Å². The van der Waals surface area contributed by atoms with Crippen molar-refractivity contribution < 1.29 is 9.59 Å². The fourth-order valence-electron chi connectivity index (χ4n) is 2.64. The standard InChI is InChI=1S/C15H18N4O2/c1-2-7-16-15(21)10-8-13(20)19(9-10)14-11-5-3-4-6-12(11)17-18-14/h3-6,10H,2,7-9H2,1H3,(H,16,21)(H,17,18)/t10-/m0/s1. The average Bonchev–Trinajstić information content (AvgIpc) is 3.08. The zero-order valence-corrected chi connectivity index (χ0v) is 11.9. The van der Waals surface area contributed by atoms with Gasteiger partial charge in [-0.15, -0.1) is 0 Å². The van der Waals surface area contributed by atoms with Crippen LogP contribution in [0.3, 0.4) is 0 Å². The molecule has 110 valence electrons. The van der Waals surface area contributed by atoms with Crippen molar-refractivity contribution in [3.8, 4) is 0 Å². The topological polar surface area (TPSA) is 78.1 Å². The van der Waals surface area contributed by atoms with Crippen molar-refractivity contribution in [3.63, 3.8) is 0 Å². The molecule has 2 amide bonds. The molecule has 0 aliphatic carbocycles. The van der Waals surface area contributed by atoms with Crippen LogP contribution in [0.25, 0.3) is 10.9 Å². The second-order valence-electron chi connectivity index (χ2n) is 5.29. The fourth-order valence-corrected chi connectivity index (χ4v) is 2.64. The van der Waals surface area contributed by atoms with Gasteiger partial charge in [0, 0.05) is 24.9 Å². The lowest BCUT2D eigenvalue weighted by Gasteiger charge is -2.14. The molecule has 6 heteroatoms. The molecule has 1 atom stereocenters. The Labute approximate surface area is 122 Å². The molecule has 1 saturated heterocycles. The molecule has 0 spiro atoms. The van der Waals surface area contributed by atoms with Crippen LogP contribution in [0.4, 0.5) is 5.82 Å². The highest BCUT2D eigenvalue weighted by Crippen LogP contribution is 2.29. The molecule has 2 heterocycles. The van der Waals surface area contributed by atoms with Gasteiger partial charge in [0.1, 0.15) is 0 Å². The molecule has 1 fully saturated rings. The smallest absolute Gasteiger partial charge is 0.229 e. The Kier molecular flexibility index (Phi) is 3.60. The van der Waals surface area contributed by atoms with Crippen molar-refractivity contribution >= 4 is 28.5 Å². The first-order valence-electron chi connectivity index (χ1n) is 7.22. The molecule has 2 aromatic rings. The van der Waals surface area contributed by atoms with E-state index in [-0.39, 0.29) is 24.2 Å². The SMILES string of the molecule is CCCNC(=O)[C@H]1CC(=O)N(c2n[nH]c3ccccc23)C1. The Morgan fingerprint density at radius 2 is 2.29 bits per heavy atom. The molecule has 0 bridgehead atoms. The monoisotopic (exact) mass is 286 g/mol. The van der Waals surface area contributed by atoms with Gasteiger partial charge in [-0.05, 0) is 18.6 Å². The molecule has 21 heavy (non-hydrogen) atoms. The van der Waals surface area contributed by atoms with Gasteiger partial charge in [0.25, 0.3) is 0 Å². The third-order valence-electron chi connectivity index (χ3n) is 3.75. The van der Waals surface area contributed by atoms with Gasteiger partial charge in [0.15, 0.2) is 5.82 Å². The quantitative estimate of drug-likeness (QED) is 0.892. The van der Waals surface area contributed by atoms with Gasteiger partial charge >= 0.3 is 0 Å². The minimum absolute atomic E-state index is 0.0486. The van der Waals surface area contributed by atoms with E-state index in [4.69, 9.17) is 0 Å². The summed E-state index contributed by atoms with van der Waals surface area (Å²) in [5.41, 5.74) is 0.888. The maximum Gasteiger partial charge on any atom is 0.229 e. The molecule has 1 aromatic carbocycles. The summed E-state index contributed by atoms with van der Waals surface area (Å²) in [5, 5.41) is 10.9. The third-order valence-corrected chi connectivity index (χ3v) is 3.75. The summed E-state index contributed by atoms with van der Waals surface area (Å²) >= 11 is 0. The van der Waals surface area contributed by atoms with Crippen molar-refractivity contribution in [2.24, 2.45) is 5.92 Å². The van der Waals surface area contributed by atoms with Crippen molar-refractivity contribution in [1.82, 2.24) is 15.5 Å². The summed E-state index contributed by atoms with van der Waals surface area (Å²) in [6, 6.07) is 7.66. The lowest BCUT2D eigenvalue weighted by Crippen LogP contribution is -2.33. The molecule has 6 nitrogen and oxygen atoms in total. The average molecular weight is 286 g/mol. The molecule has 0 saturated carbocycles. The molecular formula is C15H18N4O2. The first kappa shape index (κ1) is 13.6. The summed E-state index contributed by atoms with van der Waals surface area (Å²) in [5.74, 6) is 0.220. The number of hydrogen-bond donors (Lipinski definition) is 2. The minimum atomic E-state index is -0.292. The van der Waals surface area contributed by atoms with Gasteiger partial charge in [0.05, 0.1) is 11.4 Å². The van der Waals surface area contributed by atoms with Gasteiger partial charge in [0.2, 0.25) is 11.8 Å². The van der Waals surface area contributed by atoms with E-state index in [1.165, 1.54) is 0 Å². The third kappa shape index (κ3) is 2.49. The van der Waals surface area contributed by atoms with E-state index in [2.05, 4.69) is 15.5 Å². The largest absolute Gasteiger partial charge is 0.356 e. The Bertz CT molecular complexity index is 679. The number of fused-ring (bicyclic) bond motifs is 1. The van der Waals surface area contributed by atoms with Crippen molar-refractivity contribution in [1.29, 1.82) is 0 Å². The second kappa shape index (κ2) is 5.55. The number of carbonyl (C=O) groups is 2. The zero-order chi connectivity index (χ0) is 14.8. The number of aromatic nitrogens is 2. The van der Waals surface area contributed by atoms with Crippen LogP contribution in [-0.2, 0) is 9.59 Å². The summed E-state index contributed by atoms with van der Waals surface area (Å²) in [6.45, 7) is 3.04. The number of hydrogen-bond acceptors (Lipinski definition) is 3. The highest BCUT2D eigenvalue weighted by atomic mass is 16.2. The Hall–Kier alpha value is -2.37. The highest BCUT2D eigenvalue weighted by molar-refractivity contribution is 6.05. The summed E-state index contributed by atoms with van der Waals surface area (Å²) < 4.78 is 0. The Morgan fingerprint density at radius 3 is 3.10 bits per heavy atom. The van der Waals surface area contributed by atoms with Crippen LogP contribution in [-0.4, -0.2) is 35.1 Å². The van der Waals surface area contributed by atoms with Crippen LogP contribution in [0.5, 0.6) is 0 Å². The first-order valence-corrected chi connectivity index (χ1v) is 7.22.